The Hall–Kier alpha value is -3.38. The number of carbonyl (C=O) groups is 6. The van der Waals surface area contributed by atoms with E-state index in [0.29, 0.717) is 32.4 Å². The maximum absolute atomic E-state index is 13.0. The van der Waals surface area contributed by atoms with Crippen molar-refractivity contribution in [1.29, 1.82) is 0 Å². The number of aliphatic hydroxyl groups excluding tert-OH is 2. The van der Waals surface area contributed by atoms with E-state index in [9.17, 15) is 39.0 Å². The average Bonchev–Trinajstić information content (AvgIpc) is 2.16. The molecule has 0 aromatic carbocycles. The molecule has 0 saturated heterocycles. The molecule has 0 spiro atoms. The predicted molar refractivity (Wildman–Crippen MR) is 354 cm³/mol. The first-order valence-electron chi connectivity index (χ1n) is 35.6. The molecule has 0 bridgehead atoms. The molecule has 0 fully saturated rings. The minimum absolute atomic E-state index is 0.231. The molecule has 520 valence electrons. The van der Waals surface area contributed by atoms with Gasteiger partial charge < -0.3 is 54.4 Å². The van der Waals surface area contributed by atoms with E-state index in [0.717, 1.165) is 38.5 Å². The number of nitrogens with one attached hydrogen (secondary N) is 2. The lowest BCUT2D eigenvalue weighted by molar-refractivity contribution is -0.172. The number of esters is 5. The summed E-state index contributed by atoms with van der Waals surface area (Å²) in [5, 5.41) is 33.8. The van der Waals surface area contributed by atoms with E-state index in [1.165, 1.54) is 193 Å². The third-order valence-electron chi connectivity index (χ3n) is 15.3. The topological polar surface area (TPSA) is 243 Å². The van der Waals surface area contributed by atoms with Crippen molar-refractivity contribution in [2.45, 2.75) is 362 Å². The Morgan fingerprint density at radius 2 is 0.682 bits per heavy atom. The van der Waals surface area contributed by atoms with Gasteiger partial charge in [-0.25, -0.2) is 4.79 Å². The van der Waals surface area contributed by atoms with Crippen LogP contribution in [0.25, 0.3) is 0 Å². The second kappa shape index (κ2) is 59.9. The van der Waals surface area contributed by atoms with Gasteiger partial charge in [0.25, 0.3) is 0 Å². The van der Waals surface area contributed by atoms with E-state index in [2.05, 4.69) is 31.4 Å². The van der Waals surface area contributed by atoms with Gasteiger partial charge in [-0.3, -0.25) is 24.0 Å². The van der Waals surface area contributed by atoms with Gasteiger partial charge in [-0.05, 0) is 60.8 Å². The highest BCUT2D eigenvalue weighted by molar-refractivity contribution is 5.82. The minimum Gasteiger partial charge on any atom is -0.481 e. The fraction of sp³-hybridized carbons (Fsp3) is 0.915. The highest BCUT2D eigenvalue weighted by Crippen LogP contribution is 2.24. The van der Waals surface area contributed by atoms with Crippen molar-refractivity contribution in [3.63, 3.8) is 0 Å². The Bertz CT molecular complexity index is 1560. The molecule has 0 aromatic heterocycles. The molecule has 0 aliphatic rings. The molecule has 0 aliphatic heterocycles. The van der Waals surface area contributed by atoms with E-state index >= 15 is 0 Å². The van der Waals surface area contributed by atoms with Gasteiger partial charge in [-0.15, -0.1) is 0 Å². The van der Waals surface area contributed by atoms with Gasteiger partial charge in [0.15, 0.2) is 6.29 Å². The van der Waals surface area contributed by atoms with Crippen LogP contribution in [-0.2, 0) is 57.2 Å². The monoisotopic (exact) mass is 1260 g/mol. The van der Waals surface area contributed by atoms with Gasteiger partial charge >= 0.3 is 35.8 Å². The van der Waals surface area contributed by atoms with Crippen molar-refractivity contribution in [1.82, 2.24) is 10.6 Å². The zero-order chi connectivity index (χ0) is 65.8. The fourth-order valence-electron chi connectivity index (χ4n) is 10.1. The first kappa shape index (κ1) is 86.7. The molecule has 2 atom stereocenters. The smallest absolute Gasteiger partial charge is 0.331 e. The van der Waals surface area contributed by atoms with Gasteiger partial charge in [0.05, 0.1) is 12.0 Å². The van der Waals surface area contributed by atoms with Crippen LogP contribution in [0.1, 0.15) is 338 Å². The molecule has 0 aromatic rings. The van der Waals surface area contributed by atoms with E-state index < -0.39 is 71.4 Å². The number of unbranched alkanes of at least 4 members (excludes halogenated alkanes) is 36. The zero-order valence-electron chi connectivity index (χ0n) is 58.0. The third-order valence-corrected chi connectivity index (χ3v) is 15.3. The first-order chi connectivity index (χ1) is 42.1. The van der Waals surface area contributed by atoms with Crippen LogP contribution in [-0.4, -0.2) is 127 Å². The molecule has 17 heteroatoms. The van der Waals surface area contributed by atoms with Gasteiger partial charge in [-0.2, -0.15) is 0 Å². The van der Waals surface area contributed by atoms with Gasteiger partial charge in [0, 0.05) is 38.9 Å². The Labute approximate surface area is 536 Å². The van der Waals surface area contributed by atoms with Crippen molar-refractivity contribution >= 4 is 35.8 Å². The highest BCUT2D eigenvalue weighted by Gasteiger charge is 2.38. The molecule has 88 heavy (non-hydrogen) atoms. The molecular weight excluding hydrogens is 1120 g/mol. The first-order valence-corrected chi connectivity index (χ1v) is 35.6. The molecule has 0 rings (SSSR count). The Morgan fingerprint density at radius 3 is 0.943 bits per heavy atom. The normalized spacial score (nSPS) is 12.4. The van der Waals surface area contributed by atoms with Crippen molar-refractivity contribution < 1.29 is 72.5 Å². The fourth-order valence-corrected chi connectivity index (χ4v) is 10.1. The standard InChI is InChI=1S/C55H104O9.C16H32N2O6/c1-4-7-10-13-16-19-22-25-28-31-34-37-40-43-51(57)61-47-55(50-64-54(60)46-56,48-62-52(58)44-41-38-35-32-29-26-23-20-17-14-11-8-5-2)49-63-53(59)45-42-39-36-33-30-27-24-21-18-15-12-9-6-3;1-15(2,3)23-13(21)10-17-7-8-18-11(9-12(19)20)14(22)24-16(4,5)6/h56H,4-50H2,1-3H3;11,13,17-18,21H,7-10H2,1-6H3,(H,19,20). The van der Waals surface area contributed by atoms with Crippen LogP contribution in [0.4, 0.5) is 0 Å². The summed E-state index contributed by atoms with van der Waals surface area (Å²) in [5.41, 5.74) is -2.42. The van der Waals surface area contributed by atoms with Crippen LogP contribution in [0.15, 0.2) is 0 Å². The Kier molecular flexibility index (Phi) is 59.0. The van der Waals surface area contributed by atoms with Crippen LogP contribution >= 0.6 is 0 Å². The molecule has 0 saturated carbocycles. The van der Waals surface area contributed by atoms with E-state index in [1.54, 1.807) is 20.8 Å². The number of carboxylic acid groups (broad SMARTS) is 1. The summed E-state index contributed by atoms with van der Waals surface area (Å²) >= 11 is 0. The van der Waals surface area contributed by atoms with Crippen molar-refractivity contribution in [2.24, 2.45) is 5.41 Å². The number of hydrogen-bond donors (Lipinski definition) is 5. The molecular formula is C71H136N2O15. The molecule has 0 amide bonds. The summed E-state index contributed by atoms with van der Waals surface area (Å²) in [6, 6.07) is -0.917. The summed E-state index contributed by atoms with van der Waals surface area (Å²) in [7, 11) is 0. The maximum Gasteiger partial charge on any atom is 0.331 e. The van der Waals surface area contributed by atoms with Gasteiger partial charge in [0.1, 0.15) is 50.1 Å². The number of aliphatic carboxylic acids is 1. The number of hydrogen-bond acceptors (Lipinski definition) is 16. The largest absolute Gasteiger partial charge is 0.481 e. The highest BCUT2D eigenvalue weighted by atomic mass is 16.6. The van der Waals surface area contributed by atoms with Crippen LogP contribution < -0.4 is 10.6 Å². The van der Waals surface area contributed by atoms with E-state index in [-0.39, 0.29) is 58.7 Å². The number of ether oxygens (including phenoxy) is 6. The maximum atomic E-state index is 13.0. The zero-order valence-corrected chi connectivity index (χ0v) is 58.0. The SMILES string of the molecule is CC(C)(C)OC(=O)C(CC(=O)O)NCCNCC(O)OC(C)(C)C.CCCCCCCCCCCCCCCC(=O)OCC(COC(=O)CO)(COC(=O)CCCCCCCCCCCCCCC)COC(=O)CCCCCCCCCCCCCCC. The average molecular weight is 1260 g/mol. The molecule has 2 unspecified atom stereocenters. The molecule has 0 aliphatic carbocycles. The van der Waals surface area contributed by atoms with E-state index in [1.807, 2.05) is 20.8 Å². The lowest BCUT2D eigenvalue weighted by Gasteiger charge is -2.31. The van der Waals surface area contributed by atoms with Crippen molar-refractivity contribution in [2.75, 3.05) is 52.7 Å². The summed E-state index contributed by atoms with van der Waals surface area (Å²) < 4.78 is 33.1. The summed E-state index contributed by atoms with van der Waals surface area (Å²) in [4.78, 5) is 73.9. The summed E-state index contributed by atoms with van der Waals surface area (Å²) in [6.45, 7) is 16.6. The number of rotatable bonds is 61. The minimum atomic E-state index is -1.30. The summed E-state index contributed by atoms with van der Waals surface area (Å²) in [6.07, 6.45) is 46.6. The quantitative estimate of drug-likeness (QED) is 0.0164. The van der Waals surface area contributed by atoms with Crippen molar-refractivity contribution in [3.05, 3.63) is 0 Å². The van der Waals surface area contributed by atoms with Crippen LogP contribution in [0.3, 0.4) is 0 Å². The van der Waals surface area contributed by atoms with Gasteiger partial charge in [0.2, 0.25) is 0 Å². The molecule has 0 heterocycles. The molecule has 5 N–H and O–H groups in total. The number of carbonyl (C=O) groups excluding carboxylic acids is 5. The summed E-state index contributed by atoms with van der Waals surface area (Å²) in [5.74, 6) is -3.71. The van der Waals surface area contributed by atoms with Gasteiger partial charge in [-0.1, -0.05) is 252 Å². The lowest BCUT2D eigenvalue weighted by Crippen LogP contribution is -2.45. The van der Waals surface area contributed by atoms with Crippen molar-refractivity contribution in [3.8, 4) is 0 Å². The lowest BCUT2D eigenvalue weighted by atomic mass is 9.92. The second-order valence-electron chi connectivity index (χ2n) is 26.8. The molecule has 17 nitrogen and oxygen atoms in total. The molecule has 0 radical (unpaired) electrons. The van der Waals surface area contributed by atoms with Crippen LogP contribution in [0, 0.1) is 5.41 Å². The van der Waals surface area contributed by atoms with Crippen LogP contribution in [0.2, 0.25) is 0 Å². The Morgan fingerprint density at radius 1 is 0.398 bits per heavy atom. The van der Waals surface area contributed by atoms with E-state index in [4.69, 9.17) is 33.5 Å². The van der Waals surface area contributed by atoms with Crippen LogP contribution in [0.5, 0.6) is 0 Å². The predicted octanol–water partition coefficient (Wildman–Crippen LogP) is 16.1. The second-order valence-corrected chi connectivity index (χ2v) is 26.8. The number of aliphatic hydroxyl groups is 2. The Balaban J connectivity index is 0. The third kappa shape index (κ3) is 62.8. The number of carboxylic acids is 1.